The van der Waals surface area contributed by atoms with Crippen LogP contribution >= 0.6 is 0 Å². The van der Waals surface area contributed by atoms with E-state index in [9.17, 15) is 4.79 Å². The van der Waals surface area contributed by atoms with Gasteiger partial charge in [-0.2, -0.15) is 0 Å². The predicted molar refractivity (Wildman–Crippen MR) is 87.6 cm³/mol. The minimum atomic E-state index is -0.334. The largest absolute Gasteiger partial charge is 0.495 e. The van der Waals surface area contributed by atoms with E-state index < -0.39 is 0 Å². The monoisotopic (exact) mass is 300 g/mol. The van der Waals surface area contributed by atoms with Crippen LogP contribution in [-0.2, 0) is 6.42 Å². The highest BCUT2D eigenvalue weighted by atomic mass is 16.5. The van der Waals surface area contributed by atoms with Gasteiger partial charge >= 0.3 is 6.03 Å². The number of ether oxygens (including phenoxy) is 1. The number of aliphatic hydroxyl groups is 1. The minimum absolute atomic E-state index is 0.112. The van der Waals surface area contributed by atoms with Crippen molar-refractivity contribution in [2.24, 2.45) is 0 Å². The molecule has 5 nitrogen and oxygen atoms in total. The Hall–Kier alpha value is -2.53. The zero-order valence-corrected chi connectivity index (χ0v) is 12.7. The number of anilines is 2. The molecule has 116 valence electrons. The van der Waals surface area contributed by atoms with Crippen LogP contribution in [0.1, 0.15) is 11.1 Å². The van der Waals surface area contributed by atoms with Crippen LogP contribution in [0.5, 0.6) is 5.75 Å². The first-order valence-electron chi connectivity index (χ1n) is 7.05. The minimum Gasteiger partial charge on any atom is -0.495 e. The van der Waals surface area contributed by atoms with Crippen LogP contribution in [0, 0.1) is 6.92 Å². The number of aliphatic hydroxyl groups excluding tert-OH is 1. The molecule has 22 heavy (non-hydrogen) atoms. The normalized spacial score (nSPS) is 10.1. The van der Waals surface area contributed by atoms with Gasteiger partial charge in [0.2, 0.25) is 0 Å². The van der Waals surface area contributed by atoms with Crippen molar-refractivity contribution < 1.29 is 14.6 Å². The summed E-state index contributed by atoms with van der Waals surface area (Å²) < 4.78 is 5.23. The van der Waals surface area contributed by atoms with E-state index in [1.807, 2.05) is 37.3 Å². The zero-order chi connectivity index (χ0) is 15.9. The van der Waals surface area contributed by atoms with Gasteiger partial charge in [-0.3, -0.25) is 0 Å². The molecule has 0 saturated carbocycles. The zero-order valence-electron chi connectivity index (χ0n) is 12.7. The molecule has 2 amide bonds. The number of hydrogen-bond acceptors (Lipinski definition) is 3. The molecule has 2 aromatic carbocycles. The van der Waals surface area contributed by atoms with Gasteiger partial charge in [0.1, 0.15) is 5.75 Å². The van der Waals surface area contributed by atoms with Gasteiger partial charge in [0.25, 0.3) is 0 Å². The number of nitrogens with one attached hydrogen (secondary N) is 2. The van der Waals surface area contributed by atoms with Crippen molar-refractivity contribution >= 4 is 17.4 Å². The molecule has 0 spiro atoms. The summed E-state index contributed by atoms with van der Waals surface area (Å²) in [4.78, 5) is 12.1. The quantitative estimate of drug-likeness (QED) is 0.794. The van der Waals surface area contributed by atoms with Crippen molar-refractivity contribution in [2.45, 2.75) is 13.3 Å². The highest BCUT2D eigenvalue weighted by molar-refractivity contribution is 6.00. The fourth-order valence-corrected chi connectivity index (χ4v) is 2.09. The maximum absolute atomic E-state index is 12.1. The lowest BCUT2D eigenvalue weighted by Gasteiger charge is -2.12. The van der Waals surface area contributed by atoms with Gasteiger partial charge in [0.15, 0.2) is 0 Å². The van der Waals surface area contributed by atoms with Crippen LogP contribution in [0.3, 0.4) is 0 Å². The summed E-state index contributed by atoms with van der Waals surface area (Å²) in [5.41, 5.74) is 3.36. The Morgan fingerprint density at radius 1 is 1.14 bits per heavy atom. The van der Waals surface area contributed by atoms with Crippen molar-refractivity contribution in [3.8, 4) is 5.75 Å². The molecule has 0 bridgehead atoms. The van der Waals surface area contributed by atoms with Gasteiger partial charge in [-0.1, -0.05) is 18.2 Å². The van der Waals surface area contributed by atoms with Crippen LogP contribution in [0.2, 0.25) is 0 Å². The van der Waals surface area contributed by atoms with E-state index in [1.54, 1.807) is 19.2 Å². The Balaban J connectivity index is 2.02. The average Bonchev–Trinajstić information content (AvgIpc) is 2.50. The summed E-state index contributed by atoms with van der Waals surface area (Å²) in [6.45, 7) is 2.06. The van der Waals surface area contributed by atoms with Crippen molar-refractivity contribution in [3.63, 3.8) is 0 Å². The van der Waals surface area contributed by atoms with E-state index >= 15 is 0 Å². The number of benzene rings is 2. The van der Waals surface area contributed by atoms with Crippen molar-refractivity contribution in [1.82, 2.24) is 0 Å². The highest BCUT2D eigenvalue weighted by Crippen LogP contribution is 2.25. The van der Waals surface area contributed by atoms with Gasteiger partial charge in [0.05, 0.1) is 12.8 Å². The lowest BCUT2D eigenvalue weighted by atomic mass is 10.1. The lowest BCUT2D eigenvalue weighted by molar-refractivity contribution is 0.262. The second-order valence-corrected chi connectivity index (χ2v) is 4.95. The number of hydrogen-bond donors (Lipinski definition) is 3. The molecule has 0 aromatic heterocycles. The summed E-state index contributed by atoms with van der Waals surface area (Å²) in [6, 6.07) is 12.6. The fraction of sp³-hybridized carbons (Fsp3) is 0.235. The molecule has 0 aliphatic rings. The third-order valence-electron chi connectivity index (χ3n) is 3.22. The number of carbonyl (C=O) groups is 1. The average molecular weight is 300 g/mol. The molecular weight excluding hydrogens is 280 g/mol. The van der Waals surface area contributed by atoms with Crippen LogP contribution < -0.4 is 15.4 Å². The Morgan fingerprint density at radius 2 is 1.86 bits per heavy atom. The van der Waals surface area contributed by atoms with Gasteiger partial charge in [-0.05, 0) is 48.7 Å². The lowest BCUT2D eigenvalue weighted by Crippen LogP contribution is -2.19. The molecule has 2 rings (SSSR count). The molecule has 0 saturated heterocycles. The fourth-order valence-electron chi connectivity index (χ4n) is 2.09. The van der Waals surface area contributed by atoms with Crippen molar-refractivity contribution in [2.75, 3.05) is 24.4 Å². The Labute approximate surface area is 129 Å². The van der Waals surface area contributed by atoms with Gasteiger partial charge < -0.3 is 20.5 Å². The standard InChI is InChI=1S/C17H20N2O3/c1-12-3-8-16(22-2)15(11-12)19-17(21)18-14-6-4-13(5-7-14)9-10-20/h3-8,11,20H,9-10H2,1-2H3,(H2,18,19,21). The van der Waals surface area contributed by atoms with Crippen LogP contribution in [0.15, 0.2) is 42.5 Å². The van der Waals surface area contributed by atoms with Crippen LogP contribution in [-0.4, -0.2) is 24.9 Å². The molecule has 3 N–H and O–H groups in total. The second-order valence-electron chi connectivity index (χ2n) is 4.95. The molecule has 0 unspecified atom stereocenters. The van der Waals surface area contributed by atoms with E-state index in [0.717, 1.165) is 11.1 Å². The second kappa shape index (κ2) is 7.47. The Morgan fingerprint density at radius 3 is 2.50 bits per heavy atom. The number of aryl methyl sites for hydroxylation is 1. The molecule has 0 heterocycles. The Bertz CT molecular complexity index is 639. The van der Waals surface area contributed by atoms with E-state index in [4.69, 9.17) is 9.84 Å². The number of rotatable bonds is 5. The SMILES string of the molecule is COc1ccc(C)cc1NC(=O)Nc1ccc(CCO)cc1. The molecule has 5 heteroatoms. The van der Waals surface area contributed by atoms with Crippen LogP contribution in [0.4, 0.5) is 16.2 Å². The maximum Gasteiger partial charge on any atom is 0.323 e. The van der Waals surface area contributed by atoms with Crippen molar-refractivity contribution in [1.29, 1.82) is 0 Å². The summed E-state index contributed by atoms with van der Waals surface area (Å²) in [6.07, 6.45) is 0.604. The first kappa shape index (κ1) is 15.9. The Kier molecular flexibility index (Phi) is 5.38. The number of amides is 2. The number of carbonyl (C=O) groups excluding carboxylic acids is 1. The molecule has 0 aliphatic heterocycles. The van der Waals surface area contributed by atoms with E-state index in [2.05, 4.69) is 10.6 Å². The smallest absolute Gasteiger partial charge is 0.323 e. The topological polar surface area (TPSA) is 70.6 Å². The molecule has 0 atom stereocenters. The van der Waals surface area contributed by atoms with E-state index in [0.29, 0.717) is 23.5 Å². The third-order valence-corrected chi connectivity index (χ3v) is 3.22. The predicted octanol–water partition coefficient (Wildman–Crippen LogP) is 3.18. The van der Waals surface area contributed by atoms with E-state index in [1.165, 1.54) is 0 Å². The highest BCUT2D eigenvalue weighted by Gasteiger charge is 2.08. The third kappa shape index (κ3) is 4.23. The summed E-state index contributed by atoms with van der Waals surface area (Å²) >= 11 is 0. The van der Waals surface area contributed by atoms with Gasteiger partial charge in [-0.15, -0.1) is 0 Å². The first-order chi connectivity index (χ1) is 10.6. The summed E-state index contributed by atoms with van der Waals surface area (Å²) in [5.74, 6) is 0.610. The van der Waals surface area contributed by atoms with Crippen molar-refractivity contribution in [3.05, 3.63) is 53.6 Å². The molecule has 0 radical (unpaired) electrons. The number of methoxy groups -OCH3 is 1. The van der Waals surface area contributed by atoms with Gasteiger partial charge in [0, 0.05) is 12.3 Å². The van der Waals surface area contributed by atoms with Gasteiger partial charge in [-0.25, -0.2) is 4.79 Å². The summed E-state index contributed by atoms with van der Waals surface area (Å²) in [5, 5.41) is 14.4. The first-order valence-corrected chi connectivity index (χ1v) is 7.05. The molecule has 2 aromatic rings. The molecular formula is C17H20N2O3. The van der Waals surface area contributed by atoms with E-state index in [-0.39, 0.29) is 12.6 Å². The molecule has 0 fully saturated rings. The van der Waals surface area contributed by atoms with Crippen LogP contribution in [0.25, 0.3) is 0 Å². The molecule has 0 aliphatic carbocycles. The number of urea groups is 1. The maximum atomic E-state index is 12.1. The summed E-state index contributed by atoms with van der Waals surface area (Å²) in [7, 11) is 1.56.